The minimum Gasteiger partial charge on any atom is -0.300 e. The zero-order valence-corrected chi connectivity index (χ0v) is 11.0. The number of aliphatic imine (C=N–C) groups is 1. The maximum atomic E-state index is 8.51. The smallest absolute Gasteiger partial charge is 0.0722 e. The van der Waals surface area contributed by atoms with Crippen LogP contribution >= 0.6 is 0 Å². The minimum atomic E-state index is 0.477. The van der Waals surface area contributed by atoms with Crippen LogP contribution in [0.1, 0.15) is 11.1 Å². The van der Waals surface area contributed by atoms with Crippen molar-refractivity contribution in [3.8, 4) is 0 Å². The molecule has 0 aliphatic carbocycles. The quantitative estimate of drug-likeness (QED) is 0.667. The van der Waals surface area contributed by atoms with E-state index in [4.69, 9.17) is 5.41 Å². The van der Waals surface area contributed by atoms with Crippen molar-refractivity contribution in [2.24, 2.45) is 4.99 Å². The van der Waals surface area contributed by atoms with Crippen molar-refractivity contribution in [3.05, 3.63) is 77.9 Å². The van der Waals surface area contributed by atoms with Crippen LogP contribution in [-0.4, -0.2) is 12.4 Å². The topological polar surface area (TPSA) is 36.2 Å². The Morgan fingerprint density at radius 2 is 1.55 bits per heavy atom. The summed E-state index contributed by atoms with van der Waals surface area (Å²) in [6.07, 6.45) is 0. The molecular formula is C18H14N2. The van der Waals surface area contributed by atoms with Crippen molar-refractivity contribution in [2.75, 3.05) is 0 Å². The standard InChI is InChI=1S/C18H14N2/c1-20-16-12-11-13-7-5-6-10-15(13)17(16)18(19)14-8-3-2-4-9-14/h2-12,19H,1H2. The summed E-state index contributed by atoms with van der Waals surface area (Å²) in [6.45, 7) is 3.63. The average Bonchev–Trinajstić information content (AvgIpc) is 2.54. The zero-order valence-electron chi connectivity index (χ0n) is 11.0. The molecule has 0 fully saturated rings. The molecule has 0 radical (unpaired) electrons. The molecule has 0 spiro atoms. The van der Waals surface area contributed by atoms with Crippen molar-refractivity contribution in [1.82, 2.24) is 0 Å². The second-order valence-electron chi connectivity index (χ2n) is 4.58. The zero-order chi connectivity index (χ0) is 13.9. The molecule has 1 N–H and O–H groups in total. The maximum absolute atomic E-state index is 8.51. The van der Waals surface area contributed by atoms with E-state index in [0.717, 1.165) is 27.6 Å². The summed E-state index contributed by atoms with van der Waals surface area (Å²) < 4.78 is 0. The molecule has 96 valence electrons. The highest BCUT2D eigenvalue weighted by Gasteiger charge is 2.13. The van der Waals surface area contributed by atoms with Gasteiger partial charge in [-0.3, -0.25) is 10.4 Å². The van der Waals surface area contributed by atoms with E-state index >= 15 is 0 Å². The first-order valence-electron chi connectivity index (χ1n) is 6.44. The van der Waals surface area contributed by atoms with Gasteiger partial charge < -0.3 is 0 Å². The van der Waals surface area contributed by atoms with Gasteiger partial charge in [0, 0.05) is 11.1 Å². The molecule has 20 heavy (non-hydrogen) atoms. The second-order valence-corrected chi connectivity index (χ2v) is 4.58. The summed E-state index contributed by atoms with van der Waals surface area (Å²) in [5.74, 6) is 0. The monoisotopic (exact) mass is 258 g/mol. The van der Waals surface area contributed by atoms with Crippen LogP contribution in [0.3, 0.4) is 0 Å². The number of nitrogens with zero attached hydrogens (tertiary/aromatic N) is 1. The van der Waals surface area contributed by atoms with Gasteiger partial charge in [0.15, 0.2) is 0 Å². The lowest BCUT2D eigenvalue weighted by molar-refractivity contribution is 1.45. The molecule has 3 aromatic carbocycles. The fourth-order valence-corrected chi connectivity index (χ4v) is 2.40. The van der Waals surface area contributed by atoms with Gasteiger partial charge in [0.1, 0.15) is 0 Å². The Labute approximate surface area is 117 Å². The molecule has 0 saturated carbocycles. The van der Waals surface area contributed by atoms with Crippen LogP contribution in [0.25, 0.3) is 10.8 Å². The highest BCUT2D eigenvalue weighted by molar-refractivity contribution is 6.20. The van der Waals surface area contributed by atoms with Crippen molar-refractivity contribution >= 4 is 28.9 Å². The molecule has 0 amide bonds. The van der Waals surface area contributed by atoms with Crippen molar-refractivity contribution < 1.29 is 0 Å². The average molecular weight is 258 g/mol. The van der Waals surface area contributed by atoms with Crippen LogP contribution in [0.2, 0.25) is 0 Å². The summed E-state index contributed by atoms with van der Waals surface area (Å²) in [5.41, 5.74) is 2.94. The fourth-order valence-electron chi connectivity index (χ4n) is 2.40. The third-order valence-electron chi connectivity index (χ3n) is 3.39. The molecule has 0 heterocycles. The van der Waals surface area contributed by atoms with E-state index in [0.29, 0.717) is 5.71 Å². The first-order valence-corrected chi connectivity index (χ1v) is 6.44. The van der Waals surface area contributed by atoms with E-state index in [1.165, 1.54) is 0 Å². The third kappa shape index (κ3) is 2.01. The Bertz CT molecular complexity index is 789. The number of fused-ring (bicyclic) bond motifs is 1. The van der Waals surface area contributed by atoms with E-state index in [-0.39, 0.29) is 0 Å². The van der Waals surface area contributed by atoms with E-state index in [9.17, 15) is 0 Å². The Morgan fingerprint density at radius 1 is 0.850 bits per heavy atom. The minimum absolute atomic E-state index is 0.477. The van der Waals surface area contributed by atoms with Crippen LogP contribution in [0, 0.1) is 5.41 Å². The lowest BCUT2D eigenvalue weighted by atomic mass is 9.95. The molecule has 0 unspecified atom stereocenters. The normalized spacial score (nSPS) is 10.4. The lowest BCUT2D eigenvalue weighted by Gasteiger charge is -2.11. The Morgan fingerprint density at radius 3 is 2.30 bits per heavy atom. The van der Waals surface area contributed by atoms with Gasteiger partial charge in [-0.2, -0.15) is 0 Å². The summed E-state index contributed by atoms with van der Waals surface area (Å²) in [4.78, 5) is 4.08. The van der Waals surface area contributed by atoms with E-state index in [2.05, 4.69) is 11.7 Å². The number of hydrogen-bond donors (Lipinski definition) is 1. The van der Waals surface area contributed by atoms with Gasteiger partial charge in [-0.15, -0.1) is 0 Å². The van der Waals surface area contributed by atoms with Gasteiger partial charge >= 0.3 is 0 Å². The number of benzene rings is 3. The van der Waals surface area contributed by atoms with Crippen molar-refractivity contribution in [3.63, 3.8) is 0 Å². The molecule has 0 aromatic heterocycles. The van der Waals surface area contributed by atoms with Gasteiger partial charge in [0.2, 0.25) is 0 Å². The SMILES string of the molecule is C=Nc1ccc2ccccc2c1C(=N)c1ccccc1. The van der Waals surface area contributed by atoms with Gasteiger partial charge in [0.05, 0.1) is 11.4 Å². The van der Waals surface area contributed by atoms with Gasteiger partial charge in [-0.1, -0.05) is 60.7 Å². The first-order chi connectivity index (χ1) is 9.81. The van der Waals surface area contributed by atoms with Gasteiger partial charge in [-0.25, -0.2) is 0 Å². The summed E-state index contributed by atoms with van der Waals surface area (Å²) in [7, 11) is 0. The number of nitrogens with one attached hydrogen (secondary N) is 1. The van der Waals surface area contributed by atoms with Crippen LogP contribution in [-0.2, 0) is 0 Å². The van der Waals surface area contributed by atoms with Crippen LogP contribution in [0.4, 0.5) is 5.69 Å². The van der Waals surface area contributed by atoms with E-state index in [1.807, 2.05) is 66.7 Å². The molecule has 0 bridgehead atoms. The highest BCUT2D eigenvalue weighted by atomic mass is 14.7. The van der Waals surface area contributed by atoms with Crippen LogP contribution < -0.4 is 0 Å². The maximum Gasteiger partial charge on any atom is 0.0722 e. The molecule has 3 aromatic rings. The summed E-state index contributed by atoms with van der Waals surface area (Å²) in [5, 5.41) is 10.6. The molecule has 2 nitrogen and oxygen atoms in total. The molecule has 3 rings (SSSR count). The van der Waals surface area contributed by atoms with Gasteiger partial charge in [-0.05, 0) is 23.6 Å². The van der Waals surface area contributed by atoms with E-state index in [1.54, 1.807) is 0 Å². The van der Waals surface area contributed by atoms with Gasteiger partial charge in [0.25, 0.3) is 0 Å². The number of rotatable bonds is 3. The summed E-state index contributed by atoms with van der Waals surface area (Å²) in [6, 6.07) is 21.7. The second kappa shape index (κ2) is 5.10. The predicted molar refractivity (Wildman–Crippen MR) is 85.5 cm³/mol. The number of hydrogen-bond acceptors (Lipinski definition) is 2. The molecule has 0 atom stereocenters. The Balaban J connectivity index is 2.29. The van der Waals surface area contributed by atoms with Crippen molar-refractivity contribution in [2.45, 2.75) is 0 Å². The summed E-state index contributed by atoms with van der Waals surface area (Å²) >= 11 is 0. The third-order valence-corrected chi connectivity index (χ3v) is 3.39. The molecule has 0 aliphatic heterocycles. The van der Waals surface area contributed by atoms with Crippen LogP contribution in [0.15, 0.2) is 71.7 Å². The lowest BCUT2D eigenvalue weighted by Crippen LogP contribution is -2.02. The fraction of sp³-hybridized carbons (Fsp3) is 0. The first kappa shape index (κ1) is 12.3. The molecule has 2 heteroatoms. The largest absolute Gasteiger partial charge is 0.300 e. The van der Waals surface area contributed by atoms with Crippen LogP contribution in [0.5, 0.6) is 0 Å². The Kier molecular flexibility index (Phi) is 3.13. The molecular weight excluding hydrogens is 244 g/mol. The molecule has 0 aliphatic rings. The predicted octanol–water partition coefficient (Wildman–Crippen LogP) is 4.59. The van der Waals surface area contributed by atoms with Crippen molar-refractivity contribution in [1.29, 1.82) is 5.41 Å². The van der Waals surface area contributed by atoms with E-state index < -0.39 is 0 Å². The highest BCUT2D eigenvalue weighted by Crippen LogP contribution is 2.30. The Hall–Kier alpha value is -2.74. The molecule has 0 saturated heterocycles.